The van der Waals surface area contributed by atoms with Crippen LogP contribution in [0.4, 0.5) is 0 Å². The molecule has 0 fully saturated rings. The van der Waals surface area contributed by atoms with Gasteiger partial charge >= 0.3 is 0 Å². The van der Waals surface area contributed by atoms with E-state index >= 15 is 0 Å². The first-order valence-electron chi connectivity index (χ1n) is 44.1. The Kier molecular flexibility index (Phi) is 27.5. The van der Waals surface area contributed by atoms with Gasteiger partial charge in [-0.15, -0.1) is 174 Å². The van der Waals surface area contributed by atoms with Gasteiger partial charge in [-0.3, -0.25) is 0 Å². The van der Waals surface area contributed by atoms with Crippen molar-refractivity contribution in [3.05, 3.63) is 316 Å². The Hall–Kier alpha value is -7.37. The molecule has 0 saturated carbocycles. The van der Waals surface area contributed by atoms with Crippen molar-refractivity contribution in [1.82, 2.24) is 24.9 Å². The third-order valence-corrected chi connectivity index (χ3v) is 35.6. The standard InChI is InChI=1S/2C27H30N.C22H24N.2C20H24N.4Ir/c2*1-18-15-24(28-17-21(18)19-11-9-8-10-12-19)20-13-14-22-23(16-20)26(4,5)27(6,7)25(22,2)3;1-20(2)17-12-11-16-15(18(17)21(3,4)22(20,5)6)10-9-14-8-7-13-23-19(14)16;2*1-18(2)15-11-10-14(17-9-7-8-12-21-17)13-16(15)19(3,4)20(18,5)6;;;;/h2*8-12,14-17H,1-7H3;7-10,12-13H,1-6H3;2*7-9,11-13H,1-6H3;;;;/q5*-1;;;;. The van der Waals surface area contributed by atoms with Gasteiger partial charge in [0.05, 0.1) is 0 Å². The zero-order valence-electron chi connectivity index (χ0n) is 80.4. The van der Waals surface area contributed by atoms with Gasteiger partial charge in [-0.25, -0.2) is 0 Å². The van der Waals surface area contributed by atoms with Crippen molar-refractivity contribution in [2.75, 3.05) is 0 Å². The minimum Gasteiger partial charge on any atom is -0.305 e. The molecular formula is C116H132Ir4N5-5. The molecule has 0 saturated heterocycles. The van der Waals surface area contributed by atoms with Crippen LogP contribution in [-0.2, 0) is 135 Å². The molecule has 5 nitrogen and oxygen atoms in total. The molecule has 13 aromatic rings. The van der Waals surface area contributed by atoms with E-state index in [2.05, 4.69) is 412 Å². The van der Waals surface area contributed by atoms with Crippen LogP contribution in [0.3, 0.4) is 0 Å². The SMILES string of the molecule is CC1(C)c2c[c-]c(-c3ccccn3)cc2C(C)(C)C1(C)C.CC1(C)c2c[c-]c(-c3ccccn3)cc2C(C)(C)C1(C)C.CC1(C)c2c[c-]c3c(ccc4cccnc43)c2C(C)(C)C1(C)C.Cc1cc(-c2[c-]cc3c(c2)C(C)(C)C(C)(C)C3(C)C)ncc1-c1ccccc1.Cc1cc(-c2[c-]cc3c(c2)C(C)(C)C(C)(C)C3(C)C)ncc1-c1ccccc1.[Ir].[Ir].[Ir].[Ir]. The first-order valence-corrected chi connectivity index (χ1v) is 44.1. The zero-order chi connectivity index (χ0) is 88.2. The third-order valence-electron chi connectivity index (χ3n) is 35.6. The number of hydrogen-bond donors (Lipinski definition) is 0. The van der Waals surface area contributed by atoms with Crippen molar-refractivity contribution in [3.63, 3.8) is 0 Å². The van der Waals surface area contributed by atoms with Gasteiger partial charge < -0.3 is 24.9 Å². The van der Waals surface area contributed by atoms with Crippen LogP contribution < -0.4 is 0 Å². The number of benzene rings is 8. The number of aromatic nitrogens is 5. The average molecular weight is 2370 g/mol. The van der Waals surface area contributed by atoms with Gasteiger partial charge in [-0.1, -0.05) is 323 Å². The molecule has 0 aliphatic heterocycles. The van der Waals surface area contributed by atoms with Gasteiger partial charge in [-0.2, -0.15) is 0 Å². The molecule has 4 radical (unpaired) electrons. The van der Waals surface area contributed by atoms with Crippen LogP contribution in [0.2, 0.25) is 0 Å². The van der Waals surface area contributed by atoms with Gasteiger partial charge in [0, 0.05) is 123 Å². The molecule has 0 unspecified atom stereocenters. The van der Waals surface area contributed by atoms with Crippen LogP contribution >= 0.6 is 0 Å². The Labute approximate surface area is 806 Å². The molecule has 5 heterocycles. The Bertz CT molecular complexity index is 5840. The molecule has 0 N–H and O–H groups in total. The fourth-order valence-electron chi connectivity index (χ4n) is 21.3. The van der Waals surface area contributed by atoms with E-state index in [0.29, 0.717) is 0 Å². The molecular weight excluding hydrogens is 2230 g/mol. The van der Waals surface area contributed by atoms with E-state index in [1.54, 1.807) is 0 Å². The van der Waals surface area contributed by atoms with Crippen molar-refractivity contribution < 1.29 is 80.4 Å². The Balaban J connectivity index is 0.000000163. The van der Waals surface area contributed by atoms with E-state index in [9.17, 15) is 0 Å². The monoisotopic (exact) mass is 2370 g/mol. The fraction of sp³-hybridized carbons (Fsp3) is 0.405. The second-order valence-corrected chi connectivity index (χ2v) is 43.6. The number of aryl methyl sites for hydroxylation is 2. The maximum Gasteiger partial charge on any atom is 0.0242 e. The number of rotatable bonds is 6. The molecule has 5 aromatic heterocycles. The molecule has 18 rings (SSSR count). The Morgan fingerprint density at radius 3 is 0.848 bits per heavy atom. The molecule has 125 heavy (non-hydrogen) atoms. The maximum absolute atomic E-state index is 4.80. The Morgan fingerprint density at radius 1 is 0.240 bits per heavy atom. The van der Waals surface area contributed by atoms with Crippen LogP contribution in [0, 0.1) is 71.3 Å². The molecule has 8 aromatic carbocycles. The van der Waals surface area contributed by atoms with E-state index in [1.807, 2.05) is 73.4 Å². The van der Waals surface area contributed by atoms with Crippen LogP contribution in [0.1, 0.15) is 274 Å². The molecule has 9 heteroatoms. The number of hydrogen-bond acceptors (Lipinski definition) is 5. The molecule has 0 spiro atoms. The molecule has 0 atom stereocenters. The summed E-state index contributed by atoms with van der Waals surface area (Å²) in [4.78, 5) is 23.2. The quantitative estimate of drug-likeness (QED) is 0.123. The van der Waals surface area contributed by atoms with E-state index in [-0.39, 0.29) is 162 Å². The normalized spacial score (nSPS) is 19.3. The first kappa shape index (κ1) is 99.8. The van der Waals surface area contributed by atoms with Crippen LogP contribution in [0.25, 0.3) is 89.0 Å². The largest absolute Gasteiger partial charge is 0.305 e. The van der Waals surface area contributed by atoms with Crippen LogP contribution in [0.5, 0.6) is 0 Å². The van der Waals surface area contributed by atoms with E-state index < -0.39 is 0 Å². The molecule has 5 aliphatic rings. The van der Waals surface area contributed by atoms with Crippen LogP contribution in [0.15, 0.2) is 219 Å². The second-order valence-electron chi connectivity index (χ2n) is 43.6. The van der Waals surface area contributed by atoms with Crippen LogP contribution in [-0.4, -0.2) is 24.9 Å². The van der Waals surface area contributed by atoms with Crippen molar-refractivity contribution in [3.8, 4) is 67.3 Å². The smallest absolute Gasteiger partial charge is 0.0242 e. The molecule has 0 bridgehead atoms. The van der Waals surface area contributed by atoms with Gasteiger partial charge in [0.25, 0.3) is 0 Å². The molecule has 0 amide bonds. The van der Waals surface area contributed by atoms with Gasteiger partial charge in [0.15, 0.2) is 0 Å². The van der Waals surface area contributed by atoms with E-state index in [1.165, 1.54) is 99.8 Å². The number of nitrogens with zero attached hydrogens (tertiary/aromatic N) is 5. The molecule has 5 aliphatic carbocycles. The van der Waals surface area contributed by atoms with Gasteiger partial charge in [0.2, 0.25) is 0 Å². The minimum absolute atomic E-state index is 0. The first-order chi connectivity index (χ1) is 56.2. The summed E-state index contributed by atoms with van der Waals surface area (Å²) in [6, 6.07) is 83.8. The number of pyridine rings is 5. The van der Waals surface area contributed by atoms with E-state index in [0.717, 1.165) is 55.9 Å². The second kappa shape index (κ2) is 34.5. The summed E-state index contributed by atoms with van der Waals surface area (Å²) in [5.41, 5.74) is 33.1. The maximum atomic E-state index is 4.80. The van der Waals surface area contributed by atoms with E-state index in [4.69, 9.17) is 9.97 Å². The summed E-state index contributed by atoms with van der Waals surface area (Å²) in [6.07, 6.45) is 9.56. The Morgan fingerprint density at radius 2 is 0.528 bits per heavy atom. The summed E-state index contributed by atoms with van der Waals surface area (Å²) in [5, 5.41) is 3.66. The molecule has 662 valence electrons. The van der Waals surface area contributed by atoms with Crippen molar-refractivity contribution >= 4 is 21.7 Å². The van der Waals surface area contributed by atoms with Crippen molar-refractivity contribution in [2.24, 2.45) is 27.1 Å². The topological polar surface area (TPSA) is 64.5 Å². The minimum atomic E-state index is 0. The van der Waals surface area contributed by atoms with Crippen molar-refractivity contribution in [2.45, 2.75) is 276 Å². The van der Waals surface area contributed by atoms with Gasteiger partial charge in [0.1, 0.15) is 0 Å². The predicted octanol–water partition coefficient (Wildman–Crippen LogP) is 30.3. The zero-order valence-corrected chi connectivity index (χ0v) is 89.9. The summed E-state index contributed by atoms with van der Waals surface area (Å²) in [6.45, 7) is 75.6. The summed E-state index contributed by atoms with van der Waals surface area (Å²) in [7, 11) is 0. The summed E-state index contributed by atoms with van der Waals surface area (Å²) >= 11 is 0. The van der Waals surface area contributed by atoms with Gasteiger partial charge in [-0.05, 0) is 169 Å². The van der Waals surface area contributed by atoms with Crippen molar-refractivity contribution in [1.29, 1.82) is 0 Å². The summed E-state index contributed by atoms with van der Waals surface area (Å²) < 4.78 is 0. The third kappa shape index (κ3) is 15.6. The fourth-order valence-corrected chi connectivity index (χ4v) is 21.3. The number of fused-ring (bicyclic) bond motifs is 9. The average Bonchev–Trinajstić information content (AvgIpc) is 1.79. The predicted molar refractivity (Wildman–Crippen MR) is 512 cm³/mol. The summed E-state index contributed by atoms with van der Waals surface area (Å²) in [5.74, 6) is 0.